The van der Waals surface area contributed by atoms with Gasteiger partial charge in [-0.15, -0.1) is 0 Å². The molecule has 1 heterocycles. The molecule has 2 aromatic carbocycles. The SMILES string of the molecule is NCCOc1ccc(CC(=O)N[C@@H]2CC(=O)Nc3ccccc32)cc1. The van der Waals surface area contributed by atoms with Crippen LogP contribution >= 0.6 is 0 Å². The second kappa shape index (κ2) is 7.81. The number of carbonyl (C=O) groups is 2. The molecule has 0 bridgehead atoms. The highest BCUT2D eigenvalue weighted by Crippen LogP contribution is 2.30. The number of ether oxygens (including phenoxy) is 1. The molecule has 2 aromatic rings. The summed E-state index contributed by atoms with van der Waals surface area (Å²) in [5, 5.41) is 5.78. The summed E-state index contributed by atoms with van der Waals surface area (Å²) in [7, 11) is 0. The van der Waals surface area contributed by atoms with Crippen LogP contribution in [0.2, 0.25) is 0 Å². The van der Waals surface area contributed by atoms with Gasteiger partial charge in [0.2, 0.25) is 11.8 Å². The molecule has 0 saturated heterocycles. The van der Waals surface area contributed by atoms with Crippen molar-refractivity contribution >= 4 is 17.5 Å². The molecule has 0 radical (unpaired) electrons. The predicted octanol–water partition coefficient (Wildman–Crippen LogP) is 1.77. The number of hydrogen-bond acceptors (Lipinski definition) is 4. The fraction of sp³-hybridized carbons (Fsp3) is 0.263. The van der Waals surface area contributed by atoms with Gasteiger partial charge in [0.1, 0.15) is 12.4 Å². The summed E-state index contributed by atoms with van der Waals surface area (Å²) in [6.45, 7) is 0.920. The first-order chi connectivity index (χ1) is 12.2. The molecular formula is C19H21N3O3. The molecule has 25 heavy (non-hydrogen) atoms. The van der Waals surface area contributed by atoms with Gasteiger partial charge in [0.15, 0.2) is 0 Å². The number of carbonyl (C=O) groups excluding carboxylic acids is 2. The molecule has 4 N–H and O–H groups in total. The summed E-state index contributed by atoms with van der Waals surface area (Å²) >= 11 is 0. The molecule has 1 aliphatic heterocycles. The molecule has 0 fully saturated rings. The second-order valence-electron chi connectivity index (χ2n) is 5.92. The first-order valence-electron chi connectivity index (χ1n) is 8.25. The Bertz CT molecular complexity index is 759. The number of benzene rings is 2. The smallest absolute Gasteiger partial charge is 0.226 e. The molecule has 0 saturated carbocycles. The predicted molar refractivity (Wildman–Crippen MR) is 95.3 cm³/mol. The van der Waals surface area contributed by atoms with Crippen LogP contribution in [-0.4, -0.2) is 25.0 Å². The van der Waals surface area contributed by atoms with E-state index in [0.717, 1.165) is 22.6 Å². The second-order valence-corrected chi connectivity index (χ2v) is 5.92. The number of nitrogens with one attached hydrogen (secondary N) is 2. The maximum Gasteiger partial charge on any atom is 0.226 e. The minimum absolute atomic E-state index is 0.0922. The monoisotopic (exact) mass is 339 g/mol. The van der Waals surface area contributed by atoms with Gasteiger partial charge in [-0.3, -0.25) is 9.59 Å². The molecule has 130 valence electrons. The van der Waals surface area contributed by atoms with Gasteiger partial charge in [-0.25, -0.2) is 0 Å². The molecule has 0 spiro atoms. The van der Waals surface area contributed by atoms with Crippen molar-refractivity contribution < 1.29 is 14.3 Å². The minimum atomic E-state index is -0.301. The standard InChI is InChI=1S/C19H21N3O3/c20-9-10-25-14-7-5-13(6-8-14)11-18(23)22-17-12-19(24)21-16-4-2-1-3-15(16)17/h1-8,17H,9-12,20H2,(H,21,24)(H,22,23)/t17-/m1/s1. The van der Waals surface area contributed by atoms with Crippen LogP contribution in [0.15, 0.2) is 48.5 Å². The molecule has 6 nitrogen and oxygen atoms in total. The lowest BCUT2D eigenvalue weighted by Crippen LogP contribution is -2.35. The Morgan fingerprint density at radius 1 is 1.20 bits per heavy atom. The molecular weight excluding hydrogens is 318 g/mol. The first kappa shape index (κ1) is 17.0. The number of nitrogens with two attached hydrogens (primary N) is 1. The highest BCUT2D eigenvalue weighted by Gasteiger charge is 2.25. The Balaban J connectivity index is 1.62. The van der Waals surface area contributed by atoms with Gasteiger partial charge in [0.25, 0.3) is 0 Å². The van der Waals surface area contributed by atoms with Crippen LogP contribution in [0, 0.1) is 0 Å². The zero-order valence-electron chi connectivity index (χ0n) is 13.8. The van der Waals surface area contributed by atoms with E-state index in [-0.39, 0.29) is 30.7 Å². The molecule has 1 atom stereocenters. The highest BCUT2D eigenvalue weighted by atomic mass is 16.5. The number of rotatable bonds is 6. The minimum Gasteiger partial charge on any atom is -0.492 e. The van der Waals surface area contributed by atoms with Crippen LogP contribution in [0.4, 0.5) is 5.69 Å². The maximum absolute atomic E-state index is 12.4. The number of hydrogen-bond donors (Lipinski definition) is 3. The van der Waals surface area contributed by atoms with Gasteiger partial charge >= 0.3 is 0 Å². The van der Waals surface area contributed by atoms with Crippen LogP contribution in [0.1, 0.15) is 23.6 Å². The maximum atomic E-state index is 12.4. The lowest BCUT2D eigenvalue weighted by Gasteiger charge is -2.26. The fourth-order valence-corrected chi connectivity index (χ4v) is 2.85. The Morgan fingerprint density at radius 2 is 1.96 bits per heavy atom. The average Bonchev–Trinajstić information content (AvgIpc) is 2.61. The van der Waals surface area contributed by atoms with E-state index in [1.54, 1.807) is 0 Å². The van der Waals surface area contributed by atoms with E-state index in [0.29, 0.717) is 13.2 Å². The van der Waals surface area contributed by atoms with Crippen LogP contribution in [0.3, 0.4) is 0 Å². The summed E-state index contributed by atoms with van der Waals surface area (Å²) in [5.41, 5.74) is 7.97. The zero-order chi connectivity index (χ0) is 17.6. The van der Waals surface area contributed by atoms with Crippen molar-refractivity contribution in [2.24, 2.45) is 5.73 Å². The molecule has 0 aliphatic carbocycles. The van der Waals surface area contributed by atoms with Crippen molar-refractivity contribution in [2.45, 2.75) is 18.9 Å². The van der Waals surface area contributed by atoms with Crippen molar-refractivity contribution in [3.05, 3.63) is 59.7 Å². The van der Waals surface area contributed by atoms with Crippen molar-refractivity contribution in [1.29, 1.82) is 0 Å². The largest absolute Gasteiger partial charge is 0.492 e. The van der Waals surface area contributed by atoms with Gasteiger partial charge < -0.3 is 21.1 Å². The van der Waals surface area contributed by atoms with E-state index in [2.05, 4.69) is 10.6 Å². The fourth-order valence-electron chi connectivity index (χ4n) is 2.85. The average molecular weight is 339 g/mol. The lowest BCUT2D eigenvalue weighted by molar-refractivity contribution is -0.122. The van der Waals surface area contributed by atoms with E-state index in [9.17, 15) is 9.59 Å². The number of para-hydroxylation sites is 1. The third-order valence-corrected chi connectivity index (χ3v) is 4.01. The number of anilines is 1. The Morgan fingerprint density at radius 3 is 2.72 bits per heavy atom. The summed E-state index contributed by atoms with van der Waals surface area (Å²) in [6, 6.07) is 14.6. The van der Waals surface area contributed by atoms with Crippen LogP contribution < -0.4 is 21.1 Å². The normalized spacial score (nSPS) is 15.9. The Labute approximate surface area is 146 Å². The summed E-state index contributed by atoms with van der Waals surface area (Å²) < 4.78 is 5.42. The van der Waals surface area contributed by atoms with Crippen molar-refractivity contribution in [3.8, 4) is 5.75 Å². The Kier molecular flexibility index (Phi) is 5.30. The van der Waals surface area contributed by atoms with E-state index in [1.165, 1.54) is 0 Å². The first-order valence-corrected chi connectivity index (χ1v) is 8.25. The van der Waals surface area contributed by atoms with Crippen molar-refractivity contribution in [2.75, 3.05) is 18.5 Å². The van der Waals surface area contributed by atoms with Crippen LogP contribution in [0.25, 0.3) is 0 Å². The Hall–Kier alpha value is -2.86. The summed E-state index contributed by atoms with van der Waals surface area (Å²) in [4.78, 5) is 24.2. The molecule has 0 unspecified atom stereocenters. The third-order valence-electron chi connectivity index (χ3n) is 4.01. The molecule has 6 heteroatoms. The molecule has 3 rings (SSSR count). The number of fused-ring (bicyclic) bond motifs is 1. The van der Waals surface area contributed by atoms with E-state index >= 15 is 0 Å². The van der Waals surface area contributed by atoms with Crippen LogP contribution in [-0.2, 0) is 16.0 Å². The molecule has 1 aliphatic rings. The van der Waals surface area contributed by atoms with Gasteiger partial charge in [-0.1, -0.05) is 30.3 Å². The summed E-state index contributed by atoms with van der Waals surface area (Å²) in [5.74, 6) is 0.517. The topological polar surface area (TPSA) is 93.4 Å². The van der Waals surface area contributed by atoms with Gasteiger partial charge in [0.05, 0.1) is 18.9 Å². The zero-order valence-corrected chi connectivity index (χ0v) is 13.8. The lowest BCUT2D eigenvalue weighted by atomic mass is 9.97. The molecule has 2 amide bonds. The van der Waals surface area contributed by atoms with Crippen molar-refractivity contribution in [1.82, 2.24) is 5.32 Å². The number of amides is 2. The van der Waals surface area contributed by atoms with Gasteiger partial charge in [0, 0.05) is 12.2 Å². The van der Waals surface area contributed by atoms with Crippen molar-refractivity contribution in [3.63, 3.8) is 0 Å². The molecule has 0 aromatic heterocycles. The summed E-state index contributed by atoms with van der Waals surface area (Å²) in [6.07, 6.45) is 0.492. The quantitative estimate of drug-likeness (QED) is 0.748. The van der Waals surface area contributed by atoms with Gasteiger partial charge in [-0.2, -0.15) is 0 Å². The van der Waals surface area contributed by atoms with E-state index in [4.69, 9.17) is 10.5 Å². The highest BCUT2D eigenvalue weighted by molar-refractivity contribution is 5.95. The van der Waals surface area contributed by atoms with E-state index < -0.39 is 0 Å². The van der Waals surface area contributed by atoms with Gasteiger partial charge in [-0.05, 0) is 29.3 Å². The third kappa shape index (κ3) is 4.36. The van der Waals surface area contributed by atoms with E-state index in [1.807, 2.05) is 48.5 Å². The van der Waals surface area contributed by atoms with Crippen LogP contribution in [0.5, 0.6) is 5.75 Å².